The van der Waals surface area contributed by atoms with Gasteiger partial charge in [0.15, 0.2) is 11.5 Å². The number of anilines is 2. The largest absolute Gasteiger partial charge is 0.490 e. The number of aromatic nitrogens is 2. The van der Waals surface area contributed by atoms with Gasteiger partial charge >= 0.3 is 0 Å². The number of imide groups is 2. The molecule has 5 amide bonds. The zero-order valence-electron chi connectivity index (χ0n) is 33.7. The number of amides is 5. The third-order valence-electron chi connectivity index (χ3n) is 13.5. The summed E-state index contributed by atoms with van der Waals surface area (Å²) in [5.74, 6) is -1.09. The third-order valence-corrected chi connectivity index (χ3v) is 13.8. The van der Waals surface area contributed by atoms with Gasteiger partial charge in [0.05, 0.1) is 27.8 Å². The molecule has 1 aromatic heterocycles. The lowest BCUT2D eigenvalue weighted by atomic mass is 9.71. The van der Waals surface area contributed by atoms with Crippen LogP contribution in [-0.4, -0.2) is 119 Å². The fourth-order valence-electron chi connectivity index (χ4n) is 9.85. The van der Waals surface area contributed by atoms with Crippen molar-refractivity contribution in [3.8, 4) is 11.8 Å². The predicted molar refractivity (Wildman–Crippen MR) is 221 cm³/mol. The fraction of sp³-hybridized carbons (Fsp3) is 0.500. The molecule has 4 saturated heterocycles. The number of nitrogens with zero attached hydrogens (tertiary/aromatic N) is 7. The van der Waals surface area contributed by atoms with Gasteiger partial charge in [-0.2, -0.15) is 5.26 Å². The zero-order chi connectivity index (χ0) is 42.5. The molecule has 0 radical (unpaired) electrons. The fourth-order valence-corrected chi connectivity index (χ4v) is 10.1. The van der Waals surface area contributed by atoms with Crippen LogP contribution in [0.15, 0.2) is 48.5 Å². The average Bonchev–Trinajstić information content (AvgIpc) is 3.49. The van der Waals surface area contributed by atoms with Gasteiger partial charge < -0.3 is 24.8 Å². The van der Waals surface area contributed by atoms with Crippen LogP contribution in [0.1, 0.15) is 101 Å². The van der Waals surface area contributed by atoms with Crippen molar-refractivity contribution in [2.75, 3.05) is 55.6 Å². The maximum absolute atomic E-state index is 16.3. The summed E-state index contributed by atoms with van der Waals surface area (Å²) in [7, 11) is 0. The molecule has 0 bridgehead atoms. The second-order valence-corrected chi connectivity index (χ2v) is 17.9. The first-order valence-corrected chi connectivity index (χ1v) is 21.5. The van der Waals surface area contributed by atoms with Gasteiger partial charge in [-0.15, -0.1) is 10.2 Å². The lowest BCUT2D eigenvalue weighted by Crippen LogP contribution is -2.61. The Morgan fingerprint density at radius 3 is 2.30 bits per heavy atom. The van der Waals surface area contributed by atoms with Gasteiger partial charge in [0.2, 0.25) is 11.8 Å². The van der Waals surface area contributed by atoms with Crippen LogP contribution in [0.25, 0.3) is 0 Å². The minimum Gasteiger partial charge on any atom is -0.490 e. The normalized spacial score (nSPS) is 24.8. The molecule has 2 aromatic carbocycles. The second-order valence-electron chi connectivity index (χ2n) is 17.5. The number of alkyl halides is 1. The standard InChI is InChI=1S/C44H47ClFN9O6/c45-34-22-31(5-1-27(34)23-47)61-30-6-2-28(3-7-30)48-39(57)35-9-11-37(51-50-35)53-19-15-44(46,16-20-53)26-52-17-13-43(14-18-52)24-54(25-43)29-4-8-32-33(21-29)42(60)55(41(32)59)36-10-12-38(56)49-40(36)58/h1,4-5,8-9,11,21-22,28,30,36H,2-3,6-7,10,12-20,24-26H2,(H,48,57)(H,49,56,58). The third kappa shape index (κ3) is 8.25. The first-order chi connectivity index (χ1) is 29.4. The van der Waals surface area contributed by atoms with Gasteiger partial charge in [-0.25, -0.2) is 4.39 Å². The smallest absolute Gasteiger partial charge is 0.272 e. The highest BCUT2D eigenvalue weighted by atomic mass is 35.5. The number of carbonyl (C=O) groups excluding carboxylic acids is 5. The first-order valence-electron chi connectivity index (χ1n) is 21.2. The van der Waals surface area contributed by atoms with Crippen molar-refractivity contribution in [3.05, 3.63) is 75.9 Å². The van der Waals surface area contributed by atoms with Crippen LogP contribution in [0, 0.1) is 16.7 Å². The minimum atomic E-state index is -1.31. The van der Waals surface area contributed by atoms with Gasteiger partial charge in [-0.3, -0.25) is 34.2 Å². The second kappa shape index (κ2) is 16.3. The SMILES string of the molecule is N#Cc1ccc(OC2CCC(NC(=O)c3ccc(N4CCC(F)(CN5CCC6(CC5)CN(c5ccc7c(c5)C(=O)N(C5CCC(=O)NC5=O)C7=O)C6)CC4)nn3)CC2)cc1Cl. The van der Waals surface area contributed by atoms with Crippen molar-refractivity contribution < 1.29 is 33.1 Å². The van der Waals surface area contributed by atoms with Crippen LogP contribution >= 0.6 is 11.6 Å². The average molecular weight is 852 g/mol. The highest BCUT2D eigenvalue weighted by Gasteiger charge is 2.48. The highest BCUT2D eigenvalue weighted by Crippen LogP contribution is 2.44. The van der Waals surface area contributed by atoms with E-state index >= 15 is 4.39 Å². The summed E-state index contributed by atoms with van der Waals surface area (Å²) in [6, 6.07) is 14.8. The Morgan fingerprint density at radius 1 is 0.885 bits per heavy atom. The molecule has 1 atom stereocenters. The number of hydrogen-bond acceptors (Lipinski definition) is 12. The Morgan fingerprint density at radius 2 is 1.62 bits per heavy atom. The molecule has 9 rings (SSSR count). The van der Waals surface area contributed by atoms with Crippen molar-refractivity contribution >= 4 is 52.6 Å². The van der Waals surface area contributed by atoms with Gasteiger partial charge in [0.25, 0.3) is 17.7 Å². The zero-order valence-corrected chi connectivity index (χ0v) is 34.5. The van der Waals surface area contributed by atoms with E-state index in [-0.39, 0.29) is 53.1 Å². The van der Waals surface area contributed by atoms with E-state index in [2.05, 4.69) is 30.6 Å². The van der Waals surface area contributed by atoms with E-state index in [1.54, 1.807) is 42.5 Å². The number of nitrogens with one attached hydrogen (secondary N) is 2. The minimum absolute atomic E-state index is 0.00471. The van der Waals surface area contributed by atoms with Crippen LogP contribution in [-0.2, 0) is 9.59 Å². The summed E-state index contributed by atoms with van der Waals surface area (Å²) in [5.41, 5.74) is 0.839. The molecule has 6 heterocycles. The number of carbonyl (C=O) groups is 5. The lowest BCUT2D eigenvalue weighted by Gasteiger charge is -2.55. The van der Waals surface area contributed by atoms with Crippen molar-refractivity contribution in [2.24, 2.45) is 5.41 Å². The molecule has 61 heavy (non-hydrogen) atoms. The number of fused-ring (bicyclic) bond motifs is 1. The summed E-state index contributed by atoms with van der Waals surface area (Å²) in [5, 5.41) is 23.3. The summed E-state index contributed by atoms with van der Waals surface area (Å²) < 4.78 is 22.3. The Balaban J connectivity index is 0.697. The van der Waals surface area contributed by atoms with E-state index in [4.69, 9.17) is 21.6 Å². The van der Waals surface area contributed by atoms with E-state index in [1.165, 1.54) is 0 Å². The molecule has 1 unspecified atom stereocenters. The highest BCUT2D eigenvalue weighted by molar-refractivity contribution is 6.31. The molecule has 1 spiro atoms. The van der Waals surface area contributed by atoms with E-state index in [0.717, 1.165) is 75.3 Å². The number of nitriles is 1. The summed E-state index contributed by atoms with van der Waals surface area (Å²) in [6.07, 6.45) is 5.85. The number of benzene rings is 2. The molecule has 15 nitrogen and oxygen atoms in total. The van der Waals surface area contributed by atoms with Crippen molar-refractivity contribution in [1.29, 1.82) is 5.26 Å². The topological polar surface area (TPSA) is 181 Å². The maximum Gasteiger partial charge on any atom is 0.272 e. The molecule has 5 fully saturated rings. The van der Waals surface area contributed by atoms with Crippen LogP contribution in [0.4, 0.5) is 15.9 Å². The molecule has 3 aromatic rings. The van der Waals surface area contributed by atoms with E-state index < -0.39 is 35.3 Å². The van der Waals surface area contributed by atoms with Gasteiger partial charge in [0, 0.05) is 75.2 Å². The number of piperidine rings is 3. The van der Waals surface area contributed by atoms with Gasteiger partial charge in [-0.05, 0) is 100 Å². The van der Waals surface area contributed by atoms with Crippen molar-refractivity contribution in [1.82, 2.24) is 30.6 Å². The van der Waals surface area contributed by atoms with Crippen LogP contribution in [0.3, 0.4) is 0 Å². The summed E-state index contributed by atoms with van der Waals surface area (Å²) in [6.45, 7) is 4.62. The number of hydrogen-bond donors (Lipinski definition) is 2. The van der Waals surface area contributed by atoms with Crippen molar-refractivity contribution in [2.45, 2.75) is 88.1 Å². The molecule has 318 valence electrons. The van der Waals surface area contributed by atoms with Crippen LogP contribution in [0.2, 0.25) is 5.02 Å². The van der Waals surface area contributed by atoms with E-state index in [0.29, 0.717) is 54.6 Å². The summed E-state index contributed by atoms with van der Waals surface area (Å²) >= 11 is 6.14. The Bertz CT molecular complexity index is 2290. The molecule has 6 aliphatic rings. The number of likely N-dealkylation sites (tertiary alicyclic amines) is 1. The van der Waals surface area contributed by atoms with Gasteiger partial charge in [0.1, 0.15) is 23.5 Å². The number of halogens is 2. The molecular weight excluding hydrogens is 805 g/mol. The lowest BCUT2D eigenvalue weighted by molar-refractivity contribution is -0.136. The number of rotatable bonds is 9. The number of ether oxygens (including phenoxy) is 1. The molecule has 17 heteroatoms. The first kappa shape index (κ1) is 40.7. The van der Waals surface area contributed by atoms with Crippen LogP contribution < -0.4 is 25.2 Å². The predicted octanol–water partition coefficient (Wildman–Crippen LogP) is 4.43. The van der Waals surface area contributed by atoms with Gasteiger partial charge in [-0.1, -0.05) is 11.6 Å². The Hall–Kier alpha value is -5.66. The molecular formula is C44H47ClFN9O6. The van der Waals surface area contributed by atoms with Crippen LogP contribution in [0.5, 0.6) is 5.75 Å². The molecule has 1 aliphatic carbocycles. The molecule has 2 N–H and O–H groups in total. The monoisotopic (exact) mass is 851 g/mol. The van der Waals surface area contributed by atoms with Crippen molar-refractivity contribution in [3.63, 3.8) is 0 Å². The quantitative estimate of drug-likeness (QED) is 0.290. The molecule has 5 aliphatic heterocycles. The molecule has 1 saturated carbocycles. The summed E-state index contributed by atoms with van der Waals surface area (Å²) in [4.78, 5) is 71.0. The Kier molecular flexibility index (Phi) is 10.9. The van der Waals surface area contributed by atoms with E-state index in [1.807, 2.05) is 17.0 Å². The Labute approximate surface area is 357 Å². The van der Waals surface area contributed by atoms with E-state index in [9.17, 15) is 24.0 Å². The maximum atomic E-state index is 16.3.